The van der Waals surface area contributed by atoms with Crippen LogP contribution < -0.4 is 0 Å². The number of rotatable bonds is 4. The molecule has 0 radical (unpaired) electrons. The lowest BCUT2D eigenvalue weighted by Gasteiger charge is -2.21. The Bertz CT molecular complexity index is 162. The van der Waals surface area contributed by atoms with Crippen molar-refractivity contribution in [1.82, 2.24) is 0 Å². The summed E-state index contributed by atoms with van der Waals surface area (Å²) in [5.74, 6) is 3.69. The molecule has 0 unspecified atom stereocenters. The summed E-state index contributed by atoms with van der Waals surface area (Å²) in [4.78, 5) is 0. The van der Waals surface area contributed by atoms with E-state index in [2.05, 4.69) is 26.7 Å². The molecule has 0 heterocycles. The molecule has 0 rings (SSSR count). The SMILES string of the molecule is C#C[C@@](C)(O)CC[C@H](C)C(C)C. The normalized spacial score (nSPS) is 18.4. The molecule has 0 aliphatic carbocycles. The minimum atomic E-state index is -0.914. The summed E-state index contributed by atoms with van der Waals surface area (Å²) in [7, 11) is 0. The van der Waals surface area contributed by atoms with E-state index in [0.29, 0.717) is 18.3 Å². The van der Waals surface area contributed by atoms with Crippen molar-refractivity contribution in [3.05, 3.63) is 0 Å². The van der Waals surface area contributed by atoms with Crippen LogP contribution in [-0.4, -0.2) is 10.7 Å². The van der Waals surface area contributed by atoms with Gasteiger partial charge in [-0.2, -0.15) is 0 Å². The average molecular weight is 168 g/mol. The molecule has 0 saturated heterocycles. The summed E-state index contributed by atoms with van der Waals surface area (Å²) < 4.78 is 0. The molecule has 0 fully saturated rings. The Hall–Kier alpha value is -0.480. The van der Waals surface area contributed by atoms with Gasteiger partial charge in [0.15, 0.2) is 0 Å². The third-order valence-electron chi connectivity index (χ3n) is 2.54. The first-order valence-electron chi connectivity index (χ1n) is 4.59. The second kappa shape index (κ2) is 4.52. The molecule has 1 nitrogen and oxygen atoms in total. The predicted molar refractivity (Wildman–Crippen MR) is 52.7 cm³/mol. The first-order chi connectivity index (χ1) is 5.39. The maximum atomic E-state index is 9.52. The van der Waals surface area contributed by atoms with Crippen molar-refractivity contribution in [1.29, 1.82) is 0 Å². The van der Waals surface area contributed by atoms with Crippen LogP contribution in [0.5, 0.6) is 0 Å². The van der Waals surface area contributed by atoms with E-state index < -0.39 is 5.60 Å². The van der Waals surface area contributed by atoms with Crippen molar-refractivity contribution in [3.8, 4) is 12.3 Å². The third-order valence-corrected chi connectivity index (χ3v) is 2.54. The molecule has 0 aromatic heterocycles. The zero-order chi connectivity index (χ0) is 9.78. The second-order valence-electron chi connectivity index (χ2n) is 4.18. The highest BCUT2D eigenvalue weighted by atomic mass is 16.3. The summed E-state index contributed by atoms with van der Waals surface area (Å²) in [5, 5.41) is 9.52. The first kappa shape index (κ1) is 11.5. The van der Waals surface area contributed by atoms with Crippen LogP contribution >= 0.6 is 0 Å². The highest BCUT2D eigenvalue weighted by Gasteiger charge is 2.18. The van der Waals surface area contributed by atoms with E-state index in [1.54, 1.807) is 6.92 Å². The predicted octanol–water partition coefficient (Wildman–Crippen LogP) is 2.44. The molecule has 0 aromatic rings. The van der Waals surface area contributed by atoms with Gasteiger partial charge in [-0.15, -0.1) is 6.42 Å². The minimum Gasteiger partial charge on any atom is -0.378 e. The highest BCUT2D eigenvalue weighted by Crippen LogP contribution is 2.20. The van der Waals surface area contributed by atoms with Gasteiger partial charge in [0.05, 0.1) is 0 Å². The van der Waals surface area contributed by atoms with Crippen LogP contribution in [0.25, 0.3) is 0 Å². The molecule has 0 aromatic carbocycles. The van der Waals surface area contributed by atoms with E-state index in [1.807, 2.05) is 0 Å². The van der Waals surface area contributed by atoms with Gasteiger partial charge >= 0.3 is 0 Å². The minimum absolute atomic E-state index is 0.629. The fourth-order valence-electron chi connectivity index (χ4n) is 0.914. The Kier molecular flexibility index (Phi) is 4.34. The molecule has 1 N–H and O–H groups in total. The monoisotopic (exact) mass is 168 g/mol. The van der Waals surface area contributed by atoms with E-state index in [0.717, 1.165) is 6.42 Å². The second-order valence-corrected chi connectivity index (χ2v) is 4.18. The molecule has 12 heavy (non-hydrogen) atoms. The smallest absolute Gasteiger partial charge is 0.122 e. The van der Waals surface area contributed by atoms with Crippen LogP contribution in [0.15, 0.2) is 0 Å². The third kappa shape index (κ3) is 4.41. The molecule has 0 bridgehead atoms. The van der Waals surface area contributed by atoms with Crippen LogP contribution in [0, 0.1) is 24.2 Å². The number of hydrogen-bond acceptors (Lipinski definition) is 1. The first-order valence-corrected chi connectivity index (χ1v) is 4.59. The van der Waals surface area contributed by atoms with Crippen LogP contribution in [0.3, 0.4) is 0 Å². The van der Waals surface area contributed by atoms with E-state index in [-0.39, 0.29) is 0 Å². The summed E-state index contributed by atoms with van der Waals surface area (Å²) in [5.41, 5.74) is -0.914. The van der Waals surface area contributed by atoms with Gasteiger partial charge in [-0.05, 0) is 31.6 Å². The fraction of sp³-hybridized carbons (Fsp3) is 0.818. The molecule has 70 valence electrons. The van der Waals surface area contributed by atoms with E-state index in [1.165, 1.54) is 0 Å². The molecule has 2 atom stereocenters. The Labute approximate surface area is 76.2 Å². The zero-order valence-corrected chi connectivity index (χ0v) is 8.59. The lowest BCUT2D eigenvalue weighted by molar-refractivity contribution is 0.101. The van der Waals surface area contributed by atoms with Gasteiger partial charge in [0.1, 0.15) is 5.60 Å². The van der Waals surface area contributed by atoms with Gasteiger partial charge in [0.25, 0.3) is 0 Å². The van der Waals surface area contributed by atoms with Crippen molar-refractivity contribution >= 4 is 0 Å². The largest absolute Gasteiger partial charge is 0.378 e. The van der Waals surface area contributed by atoms with E-state index >= 15 is 0 Å². The highest BCUT2D eigenvalue weighted by molar-refractivity contribution is 5.04. The Morgan fingerprint density at radius 1 is 1.42 bits per heavy atom. The summed E-state index contributed by atoms with van der Waals surface area (Å²) in [6.45, 7) is 8.27. The lowest BCUT2D eigenvalue weighted by Crippen LogP contribution is -2.22. The maximum absolute atomic E-state index is 9.52. The van der Waals surface area contributed by atoms with Crippen molar-refractivity contribution in [2.45, 2.75) is 46.1 Å². The van der Waals surface area contributed by atoms with Crippen molar-refractivity contribution in [2.24, 2.45) is 11.8 Å². The number of terminal acetylenes is 1. The maximum Gasteiger partial charge on any atom is 0.122 e. The molecular weight excluding hydrogens is 148 g/mol. The van der Waals surface area contributed by atoms with Crippen molar-refractivity contribution in [2.75, 3.05) is 0 Å². The molecule has 0 aliphatic heterocycles. The van der Waals surface area contributed by atoms with E-state index in [9.17, 15) is 5.11 Å². The Morgan fingerprint density at radius 2 is 1.92 bits per heavy atom. The summed E-state index contributed by atoms with van der Waals surface area (Å²) in [6.07, 6.45) is 6.86. The van der Waals surface area contributed by atoms with Gasteiger partial charge in [0.2, 0.25) is 0 Å². The lowest BCUT2D eigenvalue weighted by atomic mass is 9.89. The molecule has 0 aliphatic rings. The van der Waals surface area contributed by atoms with Crippen LogP contribution in [-0.2, 0) is 0 Å². The molecule has 1 heteroatoms. The standard InChI is InChI=1S/C11H20O/c1-6-11(5,12)8-7-10(4)9(2)3/h1,9-10,12H,7-8H2,2-5H3/t10-,11+/m0/s1. The summed E-state index contributed by atoms with van der Waals surface area (Å²) in [6, 6.07) is 0. The fourth-order valence-corrected chi connectivity index (χ4v) is 0.914. The van der Waals surface area contributed by atoms with Gasteiger partial charge in [0, 0.05) is 0 Å². The summed E-state index contributed by atoms with van der Waals surface area (Å²) >= 11 is 0. The Balaban J connectivity index is 3.77. The van der Waals surface area contributed by atoms with Crippen molar-refractivity contribution < 1.29 is 5.11 Å². The average Bonchev–Trinajstić information content (AvgIpc) is 2.00. The van der Waals surface area contributed by atoms with Crippen LogP contribution in [0.4, 0.5) is 0 Å². The number of hydrogen-bond donors (Lipinski definition) is 1. The van der Waals surface area contributed by atoms with Crippen LogP contribution in [0.1, 0.15) is 40.5 Å². The topological polar surface area (TPSA) is 20.2 Å². The molecular formula is C11H20O. The Morgan fingerprint density at radius 3 is 2.25 bits per heavy atom. The molecule has 0 saturated carbocycles. The quantitative estimate of drug-likeness (QED) is 0.639. The van der Waals surface area contributed by atoms with Crippen molar-refractivity contribution in [3.63, 3.8) is 0 Å². The van der Waals surface area contributed by atoms with Crippen LogP contribution in [0.2, 0.25) is 0 Å². The molecule has 0 spiro atoms. The van der Waals surface area contributed by atoms with Gasteiger partial charge in [-0.25, -0.2) is 0 Å². The van der Waals surface area contributed by atoms with E-state index in [4.69, 9.17) is 6.42 Å². The zero-order valence-electron chi connectivity index (χ0n) is 8.59. The van der Waals surface area contributed by atoms with Gasteiger partial charge < -0.3 is 5.11 Å². The van der Waals surface area contributed by atoms with Gasteiger partial charge in [-0.1, -0.05) is 26.7 Å². The molecule has 0 amide bonds. The van der Waals surface area contributed by atoms with Gasteiger partial charge in [-0.3, -0.25) is 0 Å². The number of aliphatic hydroxyl groups is 1.